The van der Waals surface area contributed by atoms with Gasteiger partial charge in [0.25, 0.3) is 5.91 Å². The maximum absolute atomic E-state index is 13.0. The number of nitrogens with one attached hydrogen (secondary N) is 1. The van der Waals surface area contributed by atoms with E-state index in [-0.39, 0.29) is 11.8 Å². The van der Waals surface area contributed by atoms with Gasteiger partial charge in [-0.3, -0.25) is 4.79 Å². The van der Waals surface area contributed by atoms with Gasteiger partial charge in [0.1, 0.15) is 0 Å². The van der Waals surface area contributed by atoms with Crippen LogP contribution >= 0.6 is 0 Å². The first kappa shape index (κ1) is 20.2. The lowest BCUT2D eigenvalue weighted by Crippen LogP contribution is -2.29. The van der Waals surface area contributed by atoms with Crippen molar-refractivity contribution in [1.82, 2.24) is 15.1 Å². The maximum atomic E-state index is 13.0. The summed E-state index contributed by atoms with van der Waals surface area (Å²) < 4.78 is 1.96. The Hall–Kier alpha value is -2.10. The Morgan fingerprint density at radius 3 is 2.15 bits per heavy atom. The van der Waals surface area contributed by atoms with Crippen LogP contribution in [-0.4, -0.2) is 22.2 Å². The number of hydrogen-bond donors (Lipinski definition) is 1. The van der Waals surface area contributed by atoms with Gasteiger partial charge in [-0.1, -0.05) is 59.2 Å². The van der Waals surface area contributed by atoms with Crippen LogP contribution in [0.2, 0.25) is 0 Å². The van der Waals surface area contributed by atoms with Crippen molar-refractivity contribution in [3.63, 3.8) is 0 Å². The fraction of sp³-hybridized carbons (Fsp3) is 0.545. The fourth-order valence-corrected chi connectivity index (χ4v) is 3.06. The average molecular weight is 356 g/mol. The Labute approximate surface area is 158 Å². The SMILES string of the molecule is Cc1ccc(-n2nc(CC(C)C)c(C(=O)NCC(C)C)c2C(C)C)cc1. The van der Waals surface area contributed by atoms with Gasteiger partial charge in [0.2, 0.25) is 0 Å². The number of carbonyl (C=O) groups is 1. The first-order chi connectivity index (χ1) is 12.2. The molecule has 0 aliphatic heterocycles. The Morgan fingerprint density at radius 1 is 1.04 bits per heavy atom. The van der Waals surface area contributed by atoms with E-state index in [0.29, 0.717) is 18.4 Å². The Balaban J connectivity index is 2.58. The van der Waals surface area contributed by atoms with Crippen molar-refractivity contribution in [2.75, 3.05) is 6.54 Å². The van der Waals surface area contributed by atoms with E-state index >= 15 is 0 Å². The topological polar surface area (TPSA) is 46.9 Å². The second kappa shape index (κ2) is 8.52. The highest BCUT2D eigenvalue weighted by Crippen LogP contribution is 2.28. The van der Waals surface area contributed by atoms with Crippen LogP contribution in [0.4, 0.5) is 0 Å². The molecule has 26 heavy (non-hydrogen) atoms. The van der Waals surface area contributed by atoms with Crippen LogP contribution in [-0.2, 0) is 6.42 Å². The van der Waals surface area contributed by atoms with Crippen molar-refractivity contribution < 1.29 is 4.79 Å². The van der Waals surface area contributed by atoms with E-state index in [1.165, 1.54) is 5.56 Å². The molecule has 2 rings (SSSR count). The zero-order chi connectivity index (χ0) is 19.4. The molecule has 1 amide bonds. The van der Waals surface area contributed by atoms with Crippen molar-refractivity contribution in [2.45, 2.75) is 60.8 Å². The number of aromatic nitrogens is 2. The maximum Gasteiger partial charge on any atom is 0.255 e. The molecule has 142 valence electrons. The molecule has 0 atom stereocenters. The van der Waals surface area contributed by atoms with Gasteiger partial charge in [0.15, 0.2) is 0 Å². The normalized spacial score (nSPS) is 11.6. The molecule has 4 nitrogen and oxygen atoms in total. The number of amides is 1. The van der Waals surface area contributed by atoms with Crippen molar-refractivity contribution in [1.29, 1.82) is 0 Å². The number of carbonyl (C=O) groups excluding carboxylic acids is 1. The molecule has 1 N–H and O–H groups in total. The van der Waals surface area contributed by atoms with E-state index in [4.69, 9.17) is 5.10 Å². The van der Waals surface area contributed by atoms with Crippen molar-refractivity contribution in [2.24, 2.45) is 11.8 Å². The van der Waals surface area contributed by atoms with Crippen LogP contribution in [0.25, 0.3) is 5.69 Å². The zero-order valence-corrected chi connectivity index (χ0v) is 17.3. The molecule has 1 aromatic heterocycles. The molecule has 1 heterocycles. The minimum atomic E-state index is -0.00332. The van der Waals surface area contributed by atoms with Gasteiger partial charge in [0, 0.05) is 6.54 Å². The van der Waals surface area contributed by atoms with Crippen LogP contribution in [0.1, 0.15) is 74.8 Å². The molecule has 0 spiro atoms. The first-order valence-electron chi connectivity index (χ1n) is 9.67. The second-order valence-corrected chi connectivity index (χ2v) is 8.31. The smallest absolute Gasteiger partial charge is 0.255 e. The summed E-state index contributed by atoms with van der Waals surface area (Å²) in [5.74, 6) is 1.05. The number of nitrogens with zero attached hydrogens (tertiary/aromatic N) is 2. The number of hydrogen-bond acceptors (Lipinski definition) is 2. The highest BCUT2D eigenvalue weighted by molar-refractivity contribution is 5.97. The van der Waals surface area contributed by atoms with Gasteiger partial charge in [-0.15, -0.1) is 0 Å². The van der Waals surface area contributed by atoms with E-state index in [1.54, 1.807) is 0 Å². The lowest BCUT2D eigenvalue weighted by Gasteiger charge is -2.14. The first-order valence-corrected chi connectivity index (χ1v) is 9.67. The second-order valence-electron chi connectivity index (χ2n) is 8.31. The van der Waals surface area contributed by atoms with E-state index in [1.807, 2.05) is 4.68 Å². The van der Waals surface area contributed by atoms with Gasteiger partial charge in [-0.2, -0.15) is 5.10 Å². The third-order valence-electron chi connectivity index (χ3n) is 4.32. The molecule has 0 aliphatic carbocycles. The summed E-state index contributed by atoms with van der Waals surface area (Å²) in [5.41, 5.74) is 4.86. The Bertz CT molecular complexity index is 739. The van der Waals surface area contributed by atoms with Gasteiger partial charge in [0.05, 0.1) is 22.6 Å². The quantitative estimate of drug-likeness (QED) is 0.769. The van der Waals surface area contributed by atoms with Crippen molar-refractivity contribution in [3.05, 3.63) is 46.8 Å². The lowest BCUT2D eigenvalue weighted by atomic mass is 9.98. The van der Waals surface area contributed by atoms with Gasteiger partial charge in [-0.05, 0) is 43.2 Å². The molecule has 0 bridgehead atoms. The van der Waals surface area contributed by atoms with E-state index < -0.39 is 0 Å². The molecule has 0 aliphatic rings. The predicted molar refractivity (Wildman–Crippen MR) is 108 cm³/mol. The summed E-state index contributed by atoms with van der Waals surface area (Å²) in [6.07, 6.45) is 0.795. The Morgan fingerprint density at radius 2 is 1.65 bits per heavy atom. The minimum absolute atomic E-state index is 0.00332. The molecule has 0 saturated heterocycles. The molecular formula is C22H33N3O. The summed E-state index contributed by atoms with van der Waals surface area (Å²) in [4.78, 5) is 13.0. The van der Waals surface area contributed by atoms with E-state index in [2.05, 4.69) is 78.0 Å². The standard InChI is InChI=1S/C22H33N3O/c1-14(2)12-19-20(22(26)23-13-15(3)4)21(16(5)6)25(24-19)18-10-8-17(7)9-11-18/h8-11,14-16H,12-13H2,1-7H3,(H,23,26). The number of rotatable bonds is 7. The third kappa shape index (κ3) is 4.75. The van der Waals surface area contributed by atoms with E-state index in [9.17, 15) is 4.79 Å². The van der Waals surface area contributed by atoms with Crippen LogP contribution in [0.3, 0.4) is 0 Å². The molecule has 1 aromatic carbocycles. The van der Waals surface area contributed by atoms with Gasteiger partial charge >= 0.3 is 0 Å². The summed E-state index contributed by atoms with van der Waals surface area (Å²) in [7, 11) is 0. The summed E-state index contributed by atoms with van der Waals surface area (Å²) in [6.45, 7) is 15.5. The molecular weight excluding hydrogens is 322 g/mol. The molecule has 0 saturated carbocycles. The molecule has 4 heteroatoms. The molecule has 2 aromatic rings. The molecule has 0 radical (unpaired) electrons. The largest absolute Gasteiger partial charge is 0.352 e. The monoisotopic (exact) mass is 355 g/mol. The highest BCUT2D eigenvalue weighted by atomic mass is 16.1. The van der Waals surface area contributed by atoms with Crippen LogP contribution in [0.5, 0.6) is 0 Å². The van der Waals surface area contributed by atoms with Crippen molar-refractivity contribution in [3.8, 4) is 5.69 Å². The minimum Gasteiger partial charge on any atom is -0.352 e. The Kier molecular flexibility index (Phi) is 6.63. The lowest BCUT2D eigenvalue weighted by molar-refractivity contribution is 0.0946. The van der Waals surface area contributed by atoms with Crippen LogP contribution in [0.15, 0.2) is 24.3 Å². The molecule has 0 unspecified atom stereocenters. The number of benzene rings is 1. The average Bonchev–Trinajstić information content (AvgIpc) is 2.92. The van der Waals surface area contributed by atoms with Gasteiger partial charge in [-0.25, -0.2) is 4.68 Å². The summed E-state index contributed by atoms with van der Waals surface area (Å²) in [5, 5.41) is 7.96. The third-order valence-corrected chi connectivity index (χ3v) is 4.32. The van der Waals surface area contributed by atoms with E-state index in [0.717, 1.165) is 29.1 Å². The van der Waals surface area contributed by atoms with Crippen LogP contribution in [0, 0.1) is 18.8 Å². The van der Waals surface area contributed by atoms with Gasteiger partial charge < -0.3 is 5.32 Å². The van der Waals surface area contributed by atoms with Crippen molar-refractivity contribution >= 4 is 5.91 Å². The zero-order valence-electron chi connectivity index (χ0n) is 17.3. The fourth-order valence-electron chi connectivity index (χ4n) is 3.06. The molecule has 0 fully saturated rings. The van der Waals surface area contributed by atoms with Crippen LogP contribution < -0.4 is 5.32 Å². The summed E-state index contributed by atoms with van der Waals surface area (Å²) >= 11 is 0. The summed E-state index contributed by atoms with van der Waals surface area (Å²) in [6, 6.07) is 8.32. The highest BCUT2D eigenvalue weighted by Gasteiger charge is 2.26. The predicted octanol–water partition coefficient (Wildman–Crippen LogP) is 4.89. The number of aryl methyl sites for hydroxylation is 1.